The lowest BCUT2D eigenvalue weighted by Gasteiger charge is -2.36. The van der Waals surface area contributed by atoms with Crippen molar-refractivity contribution in [1.29, 1.82) is 0 Å². The van der Waals surface area contributed by atoms with E-state index in [1.54, 1.807) is 19.2 Å². The summed E-state index contributed by atoms with van der Waals surface area (Å²) in [7, 11) is 1.86. The highest BCUT2D eigenvalue weighted by Gasteiger charge is 2.30. The third-order valence-electron chi connectivity index (χ3n) is 4.83. The maximum absolute atomic E-state index is 11.1. The Kier molecular flexibility index (Phi) is 4.96. The second-order valence-corrected chi connectivity index (χ2v) is 6.94. The summed E-state index contributed by atoms with van der Waals surface area (Å²) in [5, 5.41) is 22.1. The quantitative estimate of drug-likeness (QED) is 0.665. The first-order valence-corrected chi connectivity index (χ1v) is 8.61. The standard InChI is InChI=1S/C17H21ClN4O3/c1-11-8-15(13(18)9-14(11)22(24)25)21-6-3-4-12(10-21)16(23)17-19-5-7-20(17)2/h5,7-9,12,16,23H,3-4,6,10H2,1-2H3. The van der Waals surface area contributed by atoms with Gasteiger partial charge in [-0.25, -0.2) is 4.98 Å². The van der Waals surface area contributed by atoms with Crippen LogP contribution in [0.25, 0.3) is 0 Å². The molecule has 25 heavy (non-hydrogen) atoms. The first kappa shape index (κ1) is 17.7. The molecule has 0 aliphatic carbocycles. The van der Waals surface area contributed by atoms with E-state index in [2.05, 4.69) is 9.88 Å². The predicted molar refractivity (Wildman–Crippen MR) is 95.9 cm³/mol. The summed E-state index contributed by atoms with van der Waals surface area (Å²) >= 11 is 6.31. The molecule has 3 rings (SSSR count). The van der Waals surface area contributed by atoms with E-state index in [-0.39, 0.29) is 11.6 Å². The van der Waals surface area contributed by atoms with Gasteiger partial charge in [0.1, 0.15) is 11.9 Å². The summed E-state index contributed by atoms with van der Waals surface area (Å²) in [5.74, 6) is 0.680. The van der Waals surface area contributed by atoms with Crippen LogP contribution in [0.4, 0.5) is 11.4 Å². The van der Waals surface area contributed by atoms with E-state index in [1.807, 2.05) is 17.8 Å². The smallest absolute Gasteiger partial charge is 0.273 e. The zero-order valence-corrected chi connectivity index (χ0v) is 15.0. The monoisotopic (exact) mass is 364 g/mol. The molecular weight excluding hydrogens is 344 g/mol. The van der Waals surface area contributed by atoms with Crippen molar-refractivity contribution in [3.8, 4) is 0 Å². The highest BCUT2D eigenvalue weighted by molar-refractivity contribution is 6.33. The number of hydrogen-bond donors (Lipinski definition) is 1. The molecule has 2 aromatic rings. The summed E-state index contributed by atoms with van der Waals surface area (Å²) in [6.45, 7) is 3.15. The van der Waals surface area contributed by atoms with Gasteiger partial charge in [0.05, 0.1) is 15.6 Å². The Morgan fingerprint density at radius 3 is 2.88 bits per heavy atom. The van der Waals surface area contributed by atoms with E-state index >= 15 is 0 Å². The minimum Gasteiger partial charge on any atom is -0.385 e. The molecular formula is C17H21ClN4O3. The maximum Gasteiger partial charge on any atom is 0.273 e. The fourth-order valence-electron chi connectivity index (χ4n) is 3.45. The Hall–Kier alpha value is -2.12. The fourth-order valence-corrected chi connectivity index (χ4v) is 3.73. The Balaban J connectivity index is 1.83. The van der Waals surface area contributed by atoms with E-state index in [4.69, 9.17) is 11.6 Å². The molecule has 1 N–H and O–H groups in total. The SMILES string of the molecule is Cc1cc(N2CCCC(C(O)c3nccn3C)C2)c(Cl)cc1[N+](=O)[O-]. The third-order valence-corrected chi connectivity index (χ3v) is 5.13. The maximum atomic E-state index is 11.1. The number of piperidine rings is 1. The van der Waals surface area contributed by atoms with Crippen LogP contribution in [0.15, 0.2) is 24.5 Å². The zero-order chi connectivity index (χ0) is 18.1. The molecule has 0 bridgehead atoms. The molecule has 7 nitrogen and oxygen atoms in total. The lowest BCUT2D eigenvalue weighted by Crippen LogP contribution is -2.38. The van der Waals surface area contributed by atoms with Crippen molar-refractivity contribution in [2.24, 2.45) is 13.0 Å². The lowest BCUT2D eigenvalue weighted by molar-refractivity contribution is -0.385. The molecule has 0 spiro atoms. The van der Waals surface area contributed by atoms with E-state index < -0.39 is 11.0 Å². The molecule has 2 atom stereocenters. The molecule has 1 saturated heterocycles. The van der Waals surface area contributed by atoms with Crippen LogP contribution in [0.2, 0.25) is 5.02 Å². The van der Waals surface area contributed by atoms with Crippen molar-refractivity contribution < 1.29 is 10.0 Å². The molecule has 0 radical (unpaired) electrons. The topological polar surface area (TPSA) is 84.4 Å². The third kappa shape index (κ3) is 3.48. The second-order valence-electron chi connectivity index (χ2n) is 6.54. The van der Waals surface area contributed by atoms with Gasteiger partial charge in [-0.1, -0.05) is 11.6 Å². The molecule has 2 heterocycles. The first-order valence-electron chi connectivity index (χ1n) is 8.23. The van der Waals surface area contributed by atoms with Crippen molar-refractivity contribution >= 4 is 23.0 Å². The number of aromatic nitrogens is 2. The van der Waals surface area contributed by atoms with Crippen molar-refractivity contribution in [3.63, 3.8) is 0 Å². The van der Waals surface area contributed by atoms with Gasteiger partial charge in [0, 0.05) is 50.1 Å². The molecule has 0 amide bonds. The number of aliphatic hydroxyl groups excluding tert-OH is 1. The molecule has 1 aromatic carbocycles. The van der Waals surface area contributed by atoms with Crippen molar-refractivity contribution in [2.75, 3.05) is 18.0 Å². The van der Waals surface area contributed by atoms with Gasteiger partial charge in [-0.05, 0) is 25.8 Å². The van der Waals surface area contributed by atoms with Crippen LogP contribution in [0.1, 0.15) is 30.3 Å². The summed E-state index contributed by atoms with van der Waals surface area (Å²) in [6.07, 6.45) is 4.65. The van der Waals surface area contributed by atoms with Crippen molar-refractivity contribution in [1.82, 2.24) is 9.55 Å². The van der Waals surface area contributed by atoms with Gasteiger partial charge in [0.15, 0.2) is 0 Å². The number of aryl methyl sites for hydroxylation is 2. The Morgan fingerprint density at radius 1 is 1.48 bits per heavy atom. The average molecular weight is 365 g/mol. The molecule has 1 fully saturated rings. The van der Waals surface area contributed by atoms with Crippen molar-refractivity contribution in [3.05, 3.63) is 51.1 Å². The summed E-state index contributed by atoms with van der Waals surface area (Å²) < 4.78 is 1.83. The molecule has 1 aliphatic heterocycles. The zero-order valence-electron chi connectivity index (χ0n) is 14.2. The number of halogens is 1. The highest BCUT2D eigenvalue weighted by Crippen LogP contribution is 2.37. The number of nitrogens with zero attached hydrogens (tertiary/aromatic N) is 4. The van der Waals surface area contributed by atoms with Gasteiger partial charge in [-0.2, -0.15) is 0 Å². The molecule has 134 valence electrons. The number of anilines is 1. The number of nitro groups is 1. The lowest BCUT2D eigenvalue weighted by atomic mass is 9.91. The van der Waals surface area contributed by atoms with E-state index in [0.717, 1.165) is 25.1 Å². The second kappa shape index (κ2) is 7.01. The normalized spacial score (nSPS) is 19.0. The average Bonchev–Trinajstić information content (AvgIpc) is 3.01. The fraction of sp³-hybridized carbons (Fsp3) is 0.471. The van der Waals surface area contributed by atoms with Gasteiger partial charge in [0.25, 0.3) is 5.69 Å². The van der Waals surface area contributed by atoms with Crippen LogP contribution >= 0.6 is 11.6 Å². The van der Waals surface area contributed by atoms with Crippen LogP contribution in [0.3, 0.4) is 0 Å². The Morgan fingerprint density at radius 2 is 2.24 bits per heavy atom. The highest BCUT2D eigenvalue weighted by atomic mass is 35.5. The molecule has 1 aromatic heterocycles. The number of aliphatic hydroxyl groups is 1. The number of rotatable bonds is 4. The minimum atomic E-state index is -0.652. The molecule has 2 unspecified atom stereocenters. The number of benzene rings is 1. The Bertz CT molecular complexity index is 792. The van der Waals surface area contributed by atoms with Gasteiger partial charge in [0.2, 0.25) is 0 Å². The predicted octanol–water partition coefficient (Wildman–Crippen LogP) is 3.24. The van der Waals surface area contributed by atoms with Gasteiger partial charge < -0.3 is 14.6 Å². The van der Waals surface area contributed by atoms with Gasteiger partial charge >= 0.3 is 0 Å². The van der Waals surface area contributed by atoms with E-state index in [1.165, 1.54) is 6.07 Å². The summed E-state index contributed by atoms with van der Waals surface area (Å²) in [4.78, 5) is 17.0. The largest absolute Gasteiger partial charge is 0.385 e. The van der Waals surface area contributed by atoms with Gasteiger partial charge in [-0.15, -0.1) is 0 Å². The molecule has 8 heteroatoms. The van der Waals surface area contributed by atoms with Crippen LogP contribution in [-0.4, -0.2) is 32.7 Å². The number of imidazole rings is 1. The minimum absolute atomic E-state index is 0.0235. The van der Waals surface area contributed by atoms with E-state index in [0.29, 0.717) is 23.0 Å². The van der Waals surface area contributed by atoms with Crippen LogP contribution < -0.4 is 4.90 Å². The summed E-state index contributed by atoms with van der Waals surface area (Å²) in [6, 6.07) is 3.17. The van der Waals surface area contributed by atoms with Crippen LogP contribution in [0.5, 0.6) is 0 Å². The molecule has 0 saturated carbocycles. The van der Waals surface area contributed by atoms with Crippen LogP contribution in [0, 0.1) is 23.0 Å². The Labute approximate surface area is 151 Å². The van der Waals surface area contributed by atoms with Crippen molar-refractivity contribution in [2.45, 2.75) is 25.9 Å². The molecule has 1 aliphatic rings. The van der Waals surface area contributed by atoms with E-state index in [9.17, 15) is 15.2 Å². The van der Waals surface area contributed by atoms with Crippen LogP contribution in [-0.2, 0) is 7.05 Å². The number of nitro benzene ring substituents is 1. The first-order chi connectivity index (χ1) is 11.9. The number of hydrogen-bond acceptors (Lipinski definition) is 5. The summed E-state index contributed by atoms with van der Waals surface area (Å²) in [5.41, 5.74) is 1.38. The van der Waals surface area contributed by atoms with Gasteiger partial charge in [-0.3, -0.25) is 10.1 Å².